The van der Waals surface area contributed by atoms with Crippen LogP contribution in [0.5, 0.6) is 0 Å². The van der Waals surface area contributed by atoms with Crippen LogP contribution in [0.3, 0.4) is 0 Å². The molecule has 0 bridgehead atoms. The lowest BCUT2D eigenvalue weighted by Crippen LogP contribution is -2.58. The third-order valence-electron chi connectivity index (χ3n) is 4.72. The number of likely N-dealkylation sites (tertiary alicyclic amines) is 1. The second kappa shape index (κ2) is 4.02. The molecule has 16 heavy (non-hydrogen) atoms. The monoisotopic (exact) mass is 225 g/mol. The summed E-state index contributed by atoms with van der Waals surface area (Å²) in [5, 5.41) is 9.36. The van der Waals surface area contributed by atoms with Gasteiger partial charge in [-0.15, -0.1) is 0 Å². The van der Waals surface area contributed by atoms with Crippen molar-refractivity contribution in [2.45, 2.75) is 46.1 Å². The zero-order chi connectivity index (χ0) is 11.9. The Kier molecular flexibility index (Phi) is 2.99. The summed E-state index contributed by atoms with van der Waals surface area (Å²) < 4.78 is 0. The van der Waals surface area contributed by atoms with Crippen LogP contribution in [0.25, 0.3) is 0 Å². The molecule has 1 aliphatic carbocycles. The topological polar surface area (TPSA) is 40.5 Å². The molecule has 3 heteroatoms. The van der Waals surface area contributed by atoms with Gasteiger partial charge in [0.05, 0.1) is 5.41 Å². The van der Waals surface area contributed by atoms with Gasteiger partial charge in [-0.25, -0.2) is 0 Å². The number of carboxylic acids is 1. The van der Waals surface area contributed by atoms with Gasteiger partial charge in [-0.2, -0.15) is 0 Å². The van der Waals surface area contributed by atoms with Crippen molar-refractivity contribution in [1.82, 2.24) is 4.90 Å². The number of carbonyl (C=O) groups is 1. The minimum atomic E-state index is -0.608. The van der Waals surface area contributed by atoms with Crippen LogP contribution in [0.2, 0.25) is 0 Å². The summed E-state index contributed by atoms with van der Waals surface area (Å²) in [6.45, 7) is 8.65. The minimum Gasteiger partial charge on any atom is -0.481 e. The van der Waals surface area contributed by atoms with Gasteiger partial charge >= 0.3 is 5.97 Å². The number of carboxylic acid groups (broad SMARTS) is 1. The summed E-state index contributed by atoms with van der Waals surface area (Å²) in [4.78, 5) is 13.8. The average molecular weight is 225 g/mol. The summed E-state index contributed by atoms with van der Waals surface area (Å²) in [5.41, 5.74) is -0.498. The van der Waals surface area contributed by atoms with E-state index >= 15 is 0 Å². The SMILES string of the molecule is CC(C)C1CN(C2CCCC2(C)C(=O)O)C1. The molecule has 0 aromatic rings. The zero-order valence-corrected chi connectivity index (χ0v) is 10.6. The molecule has 0 radical (unpaired) electrons. The second-order valence-corrected chi connectivity index (χ2v) is 6.09. The van der Waals surface area contributed by atoms with Crippen LogP contribution < -0.4 is 0 Å². The number of rotatable bonds is 3. The molecule has 2 aliphatic rings. The number of hydrogen-bond acceptors (Lipinski definition) is 2. The number of nitrogens with zero attached hydrogens (tertiary/aromatic N) is 1. The van der Waals surface area contributed by atoms with E-state index < -0.39 is 11.4 Å². The predicted molar refractivity (Wildman–Crippen MR) is 63.3 cm³/mol. The van der Waals surface area contributed by atoms with Crippen molar-refractivity contribution in [2.24, 2.45) is 17.3 Å². The third kappa shape index (κ3) is 1.75. The fourth-order valence-corrected chi connectivity index (χ4v) is 3.21. The van der Waals surface area contributed by atoms with Gasteiger partial charge in [-0.05, 0) is 31.6 Å². The molecule has 2 fully saturated rings. The van der Waals surface area contributed by atoms with E-state index in [0.717, 1.165) is 44.2 Å². The molecule has 1 aliphatic heterocycles. The standard InChI is InChI=1S/C13H23NO2/c1-9(2)10-7-14(8-10)11-5-4-6-13(11,3)12(15)16/h9-11H,4-8H2,1-3H3,(H,15,16). The smallest absolute Gasteiger partial charge is 0.310 e. The fourth-order valence-electron chi connectivity index (χ4n) is 3.21. The van der Waals surface area contributed by atoms with E-state index in [1.165, 1.54) is 0 Å². The van der Waals surface area contributed by atoms with Crippen LogP contribution >= 0.6 is 0 Å². The van der Waals surface area contributed by atoms with Crippen molar-refractivity contribution in [3.8, 4) is 0 Å². The Morgan fingerprint density at radius 3 is 2.56 bits per heavy atom. The molecule has 0 amide bonds. The van der Waals surface area contributed by atoms with E-state index in [4.69, 9.17) is 0 Å². The van der Waals surface area contributed by atoms with Crippen molar-refractivity contribution in [2.75, 3.05) is 13.1 Å². The molecule has 0 aromatic heterocycles. The van der Waals surface area contributed by atoms with E-state index in [9.17, 15) is 9.90 Å². The van der Waals surface area contributed by atoms with Crippen LogP contribution in [0.15, 0.2) is 0 Å². The van der Waals surface area contributed by atoms with E-state index in [1.807, 2.05) is 6.92 Å². The van der Waals surface area contributed by atoms with Crippen LogP contribution in [0.1, 0.15) is 40.0 Å². The Bertz CT molecular complexity index is 284. The van der Waals surface area contributed by atoms with Gasteiger partial charge in [0.25, 0.3) is 0 Å². The highest BCUT2D eigenvalue weighted by atomic mass is 16.4. The quantitative estimate of drug-likeness (QED) is 0.800. The summed E-state index contributed by atoms with van der Waals surface area (Å²) >= 11 is 0. The van der Waals surface area contributed by atoms with Crippen LogP contribution in [0.4, 0.5) is 0 Å². The first-order chi connectivity index (χ1) is 7.45. The molecule has 0 spiro atoms. The Morgan fingerprint density at radius 1 is 1.44 bits per heavy atom. The summed E-state index contributed by atoms with van der Waals surface area (Å²) in [7, 11) is 0. The summed E-state index contributed by atoms with van der Waals surface area (Å²) in [6, 6.07) is 0.278. The van der Waals surface area contributed by atoms with Gasteiger partial charge in [0.1, 0.15) is 0 Å². The highest BCUT2D eigenvalue weighted by Gasteiger charge is 2.50. The minimum absolute atomic E-state index is 0.278. The lowest BCUT2D eigenvalue weighted by Gasteiger charge is -2.48. The molecule has 1 saturated heterocycles. The first kappa shape index (κ1) is 11.9. The highest BCUT2D eigenvalue weighted by Crippen LogP contribution is 2.44. The van der Waals surface area contributed by atoms with Crippen LogP contribution in [-0.4, -0.2) is 35.1 Å². The van der Waals surface area contributed by atoms with Crippen LogP contribution in [-0.2, 0) is 4.79 Å². The molecule has 0 aromatic carbocycles. The van der Waals surface area contributed by atoms with Gasteiger partial charge in [-0.3, -0.25) is 9.69 Å². The molecule has 2 atom stereocenters. The molecule has 1 heterocycles. The maximum Gasteiger partial charge on any atom is 0.310 e. The molecular weight excluding hydrogens is 202 g/mol. The van der Waals surface area contributed by atoms with Crippen LogP contribution in [0, 0.1) is 17.3 Å². The average Bonchev–Trinajstić information content (AvgIpc) is 2.46. The molecule has 92 valence electrons. The molecular formula is C13H23NO2. The lowest BCUT2D eigenvalue weighted by molar-refractivity contribution is -0.153. The number of aliphatic carboxylic acids is 1. The fraction of sp³-hybridized carbons (Fsp3) is 0.923. The second-order valence-electron chi connectivity index (χ2n) is 6.09. The van der Waals surface area contributed by atoms with E-state index in [2.05, 4.69) is 18.7 Å². The van der Waals surface area contributed by atoms with Crippen molar-refractivity contribution in [3.05, 3.63) is 0 Å². The maximum absolute atomic E-state index is 11.4. The molecule has 3 nitrogen and oxygen atoms in total. The van der Waals surface area contributed by atoms with Crippen molar-refractivity contribution >= 4 is 5.97 Å². The molecule has 2 unspecified atom stereocenters. The molecule has 1 N–H and O–H groups in total. The van der Waals surface area contributed by atoms with Gasteiger partial charge < -0.3 is 5.11 Å². The van der Waals surface area contributed by atoms with Crippen molar-refractivity contribution in [1.29, 1.82) is 0 Å². The number of hydrogen-bond donors (Lipinski definition) is 1. The highest BCUT2D eigenvalue weighted by molar-refractivity contribution is 5.75. The van der Waals surface area contributed by atoms with E-state index in [1.54, 1.807) is 0 Å². The lowest BCUT2D eigenvalue weighted by atomic mass is 9.79. The van der Waals surface area contributed by atoms with Gasteiger partial charge in [0.2, 0.25) is 0 Å². The van der Waals surface area contributed by atoms with Gasteiger partial charge in [0, 0.05) is 19.1 Å². The van der Waals surface area contributed by atoms with E-state index in [0.29, 0.717) is 0 Å². The summed E-state index contributed by atoms with van der Waals surface area (Å²) in [6.07, 6.45) is 2.97. The predicted octanol–water partition coefficient (Wildman–Crippen LogP) is 2.22. The normalized spacial score (nSPS) is 36.6. The molecule has 2 rings (SSSR count). The Hall–Kier alpha value is -0.570. The van der Waals surface area contributed by atoms with E-state index in [-0.39, 0.29) is 6.04 Å². The Morgan fingerprint density at radius 2 is 2.06 bits per heavy atom. The first-order valence-electron chi connectivity index (χ1n) is 6.42. The maximum atomic E-state index is 11.4. The molecule has 1 saturated carbocycles. The third-order valence-corrected chi connectivity index (χ3v) is 4.72. The zero-order valence-electron chi connectivity index (χ0n) is 10.6. The van der Waals surface area contributed by atoms with Crippen molar-refractivity contribution < 1.29 is 9.90 Å². The van der Waals surface area contributed by atoms with Crippen molar-refractivity contribution in [3.63, 3.8) is 0 Å². The first-order valence-corrected chi connectivity index (χ1v) is 6.42. The Balaban J connectivity index is 1.98. The Labute approximate surface area is 97.8 Å². The van der Waals surface area contributed by atoms with Gasteiger partial charge in [0.15, 0.2) is 0 Å². The largest absolute Gasteiger partial charge is 0.481 e. The summed E-state index contributed by atoms with van der Waals surface area (Å²) in [5.74, 6) is 0.898. The van der Waals surface area contributed by atoms with Gasteiger partial charge in [-0.1, -0.05) is 20.3 Å².